The van der Waals surface area contributed by atoms with Crippen LogP contribution < -0.4 is 5.32 Å². The number of aliphatic hydroxyl groups is 2. The van der Waals surface area contributed by atoms with E-state index in [1.54, 1.807) is 0 Å². The summed E-state index contributed by atoms with van der Waals surface area (Å²) in [5, 5.41) is 23.8. The van der Waals surface area contributed by atoms with Crippen molar-refractivity contribution < 1.29 is 24.5 Å². The van der Waals surface area contributed by atoms with Crippen LogP contribution in [0.5, 0.6) is 0 Å². The molecule has 0 heterocycles. The molecule has 0 aromatic carbocycles. The Balaban J connectivity index is 4.63. The Hall–Kier alpha value is -2.18. The fourth-order valence-electron chi connectivity index (χ4n) is 8.77. The fourth-order valence-corrected chi connectivity index (χ4v) is 8.77. The second-order valence-corrected chi connectivity index (χ2v) is 19.7. The Kier molecular flexibility index (Phi) is 52.0. The Morgan fingerprint density at radius 1 is 0.439 bits per heavy atom. The highest BCUT2D eigenvalue weighted by atomic mass is 16.5. The molecule has 3 atom stereocenters. The highest BCUT2D eigenvalue weighted by molar-refractivity contribution is 5.77. The van der Waals surface area contributed by atoms with E-state index in [1.165, 1.54) is 180 Å². The zero-order chi connectivity index (χ0) is 48.1. The topological polar surface area (TPSA) is 95.9 Å². The average Bonchev–Trinajstić information content (AvgIpc) is 3.31. The lowest BCUT2D eigenvalue weighted by Gasteiger charge is -2.24. The molecule has 0 bridgehead atoms. The third-order valence-electron chi connectivity index (χ3n) is 13.2. The van der Waals surface area contributed by atoms with E-state index in [9.17, 15) is 19.8 Å². The van der Waals surface area contributed by atoms with Crippen molar-refractivity contribution in [2.24, 2.45) is 0 Å². The van der Waals surface area contributed by atoms with Crippen molar-refractivity contribution in [3.63, 3.8) is 0 Å². The first-order valence-corrected chi connectivity index (χ1v) is 28.9. The summed E-state index contributed by atoms with van der Waals surface area (Å²) in [6, 6.07) is -0.718. The van der Waals surface area contributed by atoms with Crippen LogP contribution in [0, 0.1) is 0 Å². The summed E-state index contributed by atoms with van der Waals surface area (Å²) in [4.78, 5) is 26.3. The van der Waals surface area contributed by atoms with Gasteiger partial charge < -0.3 is 20.3 Å². The van der Waals surface area contributed by atoms with Gasteiger partial charge in [0.2, 0.25) is 5.91 Å². The van der Waals surface area contributed by atoms with Crippen molar-refractivity contribution in [3.8, 4) is 0 Å². The van der Waals surface area contributed by atoms with E-state index in [2.05, 4.69) is 74.7 Å². The van der Waals surface area contributed by atoms with Gasteiger partial charge in [-0.2, -0.15) is 0 Å². The molecule has 1 amide bonds. The second kappa shape index (κ2) is 53.8. The van der Waals surface area contributed by atoms with E-state index in [0.717, 1.165) is 70.6 Å². The first kappa shape index (κ1) is 63.8. The van der Waals surface area contributed by atoms with Crippen LogP contribution in [0.15, 0.2) is 48.6 Å². The second-order valence-electron chi connectivity index (χ2n) is 19.7. The van der Waals surface area contributed by atoms with Crippen molar-refractivity contribution >= 4 is 11.9 Å². The number of unbranched alkanes of at least 4 members (excludes halogenated alkanes) is 32. The summed E-state index contributed by atoms with van der Waals surface area (Å²) in [7, 11) is 0. The van der Waals surface area contributed by atoms with E-state index >= 15 is 0 Å². The summed E-state index contributed by atoms with van der Waals surface area (Å²) < 4.78 is 5.94. The monoisotopic (exact) mass is 926 g/mol. The number of ether oxygens (including phenoxy) is 1. The molecule has 6 nitrogen and oxygen atoms in total. The van der Waals surface area contributed by atoms with Crippen LogP contribution in [0.1, 0.15) is 297 Å². The summed E-state index contributed by atoms with van der Waals surface area (Å²) >= 11 is 0. The molecule has 3 N–H and O–H groups in total. The van der Waals surface area contributed by atoms with Gasteiger partial charge in [-0.05, 0) is 64.2 Å². The van der Waals surface area contributed by atoms with Gasteiger partial charge in [0, 0.05) is 6.42 Å². The summed E-state index contributed by atoms with van der Waals surface area (Å²) in [5.41, 5.74) is 0. The van der Waals surface area contributed by atoms with E-state index in [-0.39, 0.29) is 24.9 Å². The van der Waals surface area contributed by atoms with Crippen molar-refractivity contribution in [3.05, 3.63) is 48.6 Å². The highest BCUT2D eigenvalue weighted by Crippen LogP contribution is 2.18. The van der Waals surface area contributed by atoms with Gasteiger partial charge in [0.1, 0.15) is 6.10 Å². The van der Waals surface area contributed by atoms with E-state index in [0.29, 0.717) is 19.3 Å². The lowest BCUT2D eigenvalue weighted by atomic mass is 10.0. The molecule has 386 valence electrons. The number of hydrogen-bond acceptors (Lipinski definition) is 5. The van der Waals surface area contributed by atoms with Gasteiger partial charge in [0.15, 0.2) is 0 Å². The minimum atomic E-state index is -0.801. The van der Waals surface area contributed by atoms with Crippen LogP contribution in [-0.4, -0.2) is 46.9 Å². The molecule has 3 unspecified atom stereocenters. The van der Waals surface area contributed by atoms with Crippen LogP contribution in [0.25, 0.3) is 0 Å². The van der Waals surface area contributed by atoms with Crippen LogP contribution in [0.3, 0.4) is 0 Å². The molecule has 0 aliphatic rings. The standard InChI is InChI=1S/C60H111NO5/c1-4-7-10-13-16-19-22-25-27-29-31-34-36-39-42-45-48-51-56(66-60(65)53-50-47-44-41-38-35-32-30-28-26-23-20-17-14-11-8-5-2)54-59(64)61-57(55-62)58(63)52-49-46-43-40-37-33-24-21-18-15-12-9-6-3/h16,19,25,27,31,34,39,42,56-58,62-63H,4-15,17-18,20-24,26,28-30,32-33,35-38,40-41,43-55H2,1-3H3,(H,61,64)/b19-16-,27-25-,34-31-,42-39-. The van der Waals surface area contributed by atoms with Gasteiger partial charge in [0.25, 0.3) is 0 Å². The number of esters is 1. The van der Waals surface area contributed by atoms with Crippen LogP contribution in [-0.2, 0) is 14.3 Å². The number of allylic oxidation sites excluding steroid dienone is 8. The number of amides is 1. The van der Waals surface area contributed by atoms with Crippen LogP contribution in [0.4, 0.5) is 0 Å². The lowest BCUT2D eigenvalue weighted by Crippen LogP contribution is -2.46. The van der Waals surface area contributed by atoms with Gasteiger partial charge in [-0.15, -0.1) is 0 Å². The van der Waals surface area contributed by atoms with E-state index < -0.39 is 18.2 Å². The molecule has 0 rings (SSSR count). The molecule has 0 spiro atoms. The van der Waals surface area contributed by atoms with Gasteiger partial charge in [-0.1, -0.05) is 268 Å². The molecule has 0 aliphatic carbocycles. The van der Waals surface area contributed by atoms with Crippen LogP contribution >= 0.6 is 0 Å². The number of carbonyl (C=O) groups excluding carboxylic acids is 2. The van der Waals surface area contributed by atoms with Crippen molar-refractivity contribution in [1.29, 1.82) is 0 Å². The Bertz CT molecular complexity index is 1130. The van der Waals surface area contributed by atoms with Gasteiger partial charge in [-0.25, -0.2) is 0 Å². The fraction of sp³-hybridized carbons (Fsp3) is 0.833. The van der Waals surface area contributed by atoms with Crippen molar-refractivity contribution in [2.75, 3.05) is 6.61 Å². The number of nitrogens with one attached hydrogen (secondary N) is 1. The zero-order valence-electron chi connectivity index (χ0n) is 44.1. The molecule has 0 aromatic rings. The number of carbonyl (C=O) groups is 2. The van der Waals surface area contributed by atoms with Gasteiger partial charge in [-0.3, -0.25) is 9.59 Å². The van der Waals surface area contributed by atoms with E-state index in [4.69, 9.17) is 4.74 Å². The summed E-state index contributed by atoms with van der Waals surface area (Å²) in [6.45, 7) is 6.47. The molecule has 0 saturated carbocycles. The minimum Gasteiger partial charge on any atom is -0.462 e. The van der Waals surface area contributed by atoms with Gasteiger partial charge >= 0.3 is 5.97 Å². The number of rotatable bonds is 52. The Morgan fingerprint density at radius 3 is 1.20 bits per heavy atom. The molecule has 0 fully saturated rings. The van der Waals surface area contributed by atoms with Crippen LogP contribution in [0.2, 0.25) is 0 Å². The molecule has 6 heteroatoms. The maximum absolute atomic E-state index is 13.3. The maximum atomic E-state index is 13.3. The normalized spacial score (nSPS) is 13.5. The highest BCUT2D eigenvalue weighted by Gasteiger charge is 2.24. The Morgan fingerprint density at radius 2 is 0.788 bits per heavy atom. The summed E-state index contributed by atoms with van der Waals surface area (Å²) in [5.74, 6) is -0.514. The third kappa shape index (κ3) is 48.3. The first-order chi connectivity index (χ1) is 32.5. The minimum absolute atomic E-state index is 0.0430. The summed E-state index contributed by atoms with van der Waals surface area (Å²) in [6.07, 6.45) is 66.1. The molecule has 0 saturated heterocycles. The van der Waals surface area contributed by atoms with E-state index in [1.807, 2.05) is 0 Å². The average molecular weight is 927 g/mol. The predicted molar refractivity (Wildman–Crippen MR) is 287 cm³/mol. The molecular weight excluding hydrogens is 815 g/mol. The predicted octanol–water partition coefficient (Wildman–Crippen LogP) is 17.8. The molecule has 66 heavy (non-hydrogen) atoms. The third-order valence-corrected chi connectivity index (χ3v) is 13.2. The smallest absolute Gasteiger partial charge is 0.306 e. The van der Waals surface area contributed by atoms with Gasteiger partial charge in [0.05, 0.1) is 25.2 Å². The molecule has 0 aromatic heterocycles. The lowest BCUT2D eigenvalue weighted by molar-refractivity contribution is -0.151. The first-order valence-electron chi connectivity index (χ1n) is 28.9. The largest absolute Gasteiger partial charge is 0.462 e. The quantitative estimate of drug-likeness (QED) is 0.0321. The SMILES string of the molecule is CCCCC/C=C\C/C=C\C/C=C\C/C=C\CCCC(CC(=O)NC(CO)C(O)CCCCCCCCCCCCCCC)OC(=O)CCCCCCCCCCCCCCCCCCC. The van der Waals surface area contributed by atoms with Crippen molar-refractivity contribution in [1.82, 2.24) is 5.32 Å². The Labute approximate surface area is 410 Å². The number of hydrogen-bond donors (Lipinski definition) is 3. The number of aliphatic hydroxyl groups excluding tert-OH is 2. The molecular formula is C60H111NO5. The maximum Gasteiger partial charge on any atom is 0.306 e. The molecule has 0 radical (unpaired) electrons. The molecule has 0 aliphatic heterocycles. The zero-order valence-corrected chi connectivity index (χ0v) is 44.1. The van der Waals surface area contributed by atoms with Crippen molar-refractivity contribution in [2.45, 2.75) is 315 Å².